The van der Waals surface area contributed by atoms with E-state index in [1.54, 1.807) is 0 Å². The van der Waals surface area contributed by atoms with Crippen LogP contribution in [0.3, 0.4) is 0 Å². The molecule has 114 valence electrons. The van der Waals surface area contributed by atoms with Crippen LogP contribution < -0.4 is 0 Å². The second kappa shape index (κ2) is 4.55. The summed E-state index contributed by atoms with van der Waals surface area (Å²) in [7, 11) is 0. The van der Waals surface area contributed by atoms with Crippen LogP contribution in [0.2, 0.25) is 0 Å². The molecule has 1 aliphatic heterocycles. The molecule has 21 heavy (non-hydrogen) atoms. The van der Waals surface area contributed by atoms with Gasteiger partial charge in [-0.05, 0) is 37.2 Å². The summed E-state index contributed by atoms with van der Waals surface area (Å²) in [5, 5.41) is 21.1. The van der Waals surface area contributed by atoms with Gasteiger partial charge in [-0.25, -0.2) is 0 Å². The molecule has 0 aromatic heterocycles. The molecule has 1 heterocycles. The smallest absolute Gasteiger partial charge is 0.0847 e. The molecule has 1 aromatic carbocycles. The lowest BCUT2D eigenvalue weighted by molar-refractivity contribution is 0.0419. The van der Waals surface area contributed by atoms with Crippen molar-refractivity contribution in [3.05, 3.63) is 35.9 Å². The summed E-state index contributed by atoms with van der Waals surface area (Å²) in [4.78, 5) is 2.43. The summed E-state index contributed by atoms with van der Waals surface area (Å²) in [5.74, 6) is 0.892. The van der Waals surface area contributed by atoms with E-state index < -0.39 is 11.2 Å². The molecule has 4 unspecified atom stereocenters. The third kappa shape index (κ3) is 2.32. The highest BCUT2D eigenvalue weighted by molar-refractivity contribution is 5.21. The quantitative estimate of drug-likeness (QED) is 0.872. The average Bonchev–Trinajstić information content (AvgIpc) is 3.25. The van der Waals surface area contributed by atoms with E-state index in [0.717, 1.165) is 38.8 Å². The number of nitrogens with zero attached hydrogens (tertiary/aromatic N) is 1. The molecule has 0 amide bonds. The maximum absolute atomic E-state index is 10.7. The van der Waals surface area contributed by atoms with Crippen LogP contribution in [0.4, 0.5) is 0 Å². The van der Waals surface area contributed by atoms with Gasteiger partial charge in [0.25, 0.3) is 0 Å². The fourth-order valence-corrected chi connectivity index (χ4v) is 4.32. The molecule has 3 heteroatoms. The molecule has 3 aliphatic rings. The lowest BCUT2D eigenvalue weighted by Crippen LogP contribution is -2.40. The molecule has 5 atom stereocenters. The molecule has 0 spiro atoms. The zero-order valence-electron chi connectivity index (χ0n) is 12.7. The number of piperidine rings is 1. The zero-order chi connectivity index (χ0) is 14.7. The summed E-state index contributed by atoms with van der Waals surface area (Å²) in [5.41, 5.74) is 0.399. The zero-order valence-corrected chi connectivity index (χ0v) is 12.7. The summed E-state index contributed by atoms with van der Waals surface area (Å²) < 4.78 is 0. The molecule has 0 radical (unpaired) electrons. The molecule has 1 saturated heterocycles. The Morgan fingerprint density at radius 1 is 1.19 bits per heavy atom. The Balaban J connectivity index is 1.44. The van der Waals surface area contributed by atoms with Crippen molar-refractivity contribution in [1.82, 2.24) is 4.90 Å². The minimum absolute atomic E-state index is 0.222. The second-order valence-corrected chi connectivity index (χ2v) is 7.57. The number of likely N-dealkylation sites (tertiary alicyclic amines) is 1. The Labute approximate surface area is 126 Å². The fraction of sp³-hybridized carbons (Fsp3) is 0.667. The SMILES string of the molecule is CC1CC1(O)CC[C@@H]1N(Cc2ccccc2)CC2CC21O. The Hall–Kier alpha value is -0.900. The van der Waals surface area contributed by atoms with Crippen LogP contribution in [0.5, 0.6) is 0 Å². The van der Waals surface area contributed by atoms with Gasteiger partial charge in [0.05, 0.1) is 11.2 Å². The third-order valence-corrected chi connectivity index (χ3v) is 6.09. The molecule has 1 aromatic rings. The Bertz CT molecular complexity index is 533. The number of aliphatic hydroxyl groups is 2. The average molecular weight is 287 g/mol. The van der Waals surface area contributed by atoms with Crippen molar-refractivity contribution in [2.75, 3.05) is 6.54 Å². The minimum atomic E-state index is -0.469. The van der Waals surface area contributed by atoms with Crippen LogP contribution in [0, 0.1) is 11.8 Å². The molecule has 0 bridgehead atoms. The number of fused-ring (bicyclic) bond motifs is 1. The molecule has 4 rings (SSSR count). The predicted octanol–water partition coefficient (Wildman–Crippen LogP) is 2.17. The lowest BCUT2D eigenvalue weighted by Gasteiger charge is -2.30. The van der Waals surface area contributed by atoms with E-state index in [4.69, 9.17) is 0 Å². The van der Waals surface area contributed by atoms with Crippen LogP contribution in [-0.4, -0.2) is 38.9 Å². The van der Waals surface area contributed by atoms with E-state index in [0.29, 0.717) is 11.8 Å². The van der Waals surface area contributed by atoms with Crippen LogP contribution in [-0.2, 0) is 6.54 Å². The van der Waals surface area contributed by atoms with E-state index in [1.165, 1.54) is 5.56 Å². The molecule has 3 fully saturated rings. The van der Waals surface area contributed by atoms with Gasteiger partial charge in [-0.15, -0.1) is 0 Å². The maximum Gasteiger partial charge on any atom is 0.0847 e. The Kier molecular flexibility index (Phi) is 2.97. The fourth-order valence-electron chi connectivity index (χ4n) is 4.32. The second-order valence-electron chi connectivity index (χ2n) is 7.57. The third-order valence-electron chi connectivity index (χ3n) is 6.09. The van der Waals surface area contributed by atoms with E-state index in [9.17, 15) is 10.2 Å². The van der Waals surface area contributed by atoms with Crippen molar-refractivity contribution in [3.8, 4) is 0 Å². The highest BCUT2D eigenvalue weighted by atomic mass is 16.3. The predicted molar refractivity (Wildman–Crippen MR) is 81.7 cm³/mol. The first kappa shape index (κ1) is 13.7. The van der Waals surface area contributed by atoms with Gasteiger partial charge in [-0.1, -0.05) is 37.3 Å². The summed E-state index contributed by atoms with van der Waals surface area (Å²) in [6.45, 7) is 4.04. The normalized spacial score (nSPS) is 44.6. The van der Waals surface area contributed by atoms with Gasteiger partial charge in [0.15, 0.2) is 0 Å². The van der Waals surface area contributed by atoms with Crippen molar-refractivity contribution in [2.45, 2.75) is 56.4 Å². The van der Waals surface area contributed by atoms with Gasteiger partial charge >= 0.3 is 0 Å². The molecular weight excluding hydrogens is 262 g/mol. The first-order valence-electron chi connectivity index (χ1n) is 8.24. The standard InChI is InChI=1S/C18H25NO2/c1-13-9-17(13,20)8-7-16-18(21)10-15(18)12-19(16)11-14-5-3-2-4-6-14/h2-6,13,15-16,20-21H,7-12H2,1H3/t13?,15?,16-,17?,18?/m0/s1. The van der Waals surface area contributed by atoms with Crippen molar-refractivity contribution in [1.29, 1.82) is 0 Å². The first-order chi connectivity index (χ1) is 10.0. The van der Waals surface area contributed by atoms with E-state index in [1.807, 2.05) is 6.07 Å². The van der Waals surface area contributed by atoms with Gasteiger partial charge in [0.2, 0.25) is 0 Å². The van der Waals surface area contributed by atoms with Gasteiger partial charge in [-0.3, -0.25) is 4.90 Å². The molecular formula is C18H25NO2. The topological polar surface area (TPSA) is 43.7 Å². The van der Waals surface area contributed by atoms with Gasteiger partial charge in [-0.2, -0.15) is 0 Å². The monoisotopic (exact) mass is 287 g/mol. The highest BCUT2D eigenvalue weighted by Gasteiger charge is 2.65. The molecule has 2 N–H and O–H groups in total. The van der Waals surface area contributed by atoms with Crippen molar-refractivity contribution < 1.29 is 10.2 Å². The van der Waals surface area contributed by atoms with Crippen LogP contribution in [0.25, 0.3) is 0 Å². The van der Waals surface area contributed by atoms with Crippen LogP contribution in [0.1, 0.15) is 38.2 Å². The molecule has 2 aliphatic carbocycles. The van der Waals surface area contributed by atoms with E-state index >= 15 is 0 Å². The lowest BCUT2D eigenvalue weighted by atomic mass is 9.99. The summed E-state index contributed by atoms with van der Waals surface area (Å²) in [6, 6.07) is 10.7. The number of benzene rings is 1. The molecule has 2 saturated carbocycles. The van der Waals surface area contributed by atoms with E-state index in [-0.39, 0.29) is 6.04 Å². The van der Waals surface area contributed by atoms with Gasteiger partial charge in [0.1, 0.15) is 0 Å². The van der Waals surface area contributed by atoms with Crippen molar-refractivity contribution in [2.24, 2.45) is 11.8 Å². The van der Waals surface area contributed by atoms with Gasteiger partial charge in [0, 0.05) is 25.0 Å². The summed E-state index contributed by atoms with van der Waals surface area (Å²) in [6.07, 6.45) is 3.64. The van der Waals surface area contributed by atoms with Crippen molar-refractivity contribution >= 4 is 0 Å². The Morgan fingerprint density at radius 2 is 1.90 bits per heavy atom. The number of hydrogen-bond donors (Lipinski definition) is 2. The highest BCUT2D eigenvalue weighted by Crippen LogP contribution is 2.56. The molecule has 3 nitrogen and oxygen atoms in total. The maximum atomic E-state index is 10.7. The van der Waals surface area contributed by atoms with Crippen molar-refractivity contribution in [3.63, 3.8) is 0 Å². The van der Waals surface area contributed by atoms with Gasteiger partial charge < -0.3 is 10.2 Å². The Morgan fingerprint density at radius 3 is 2.57 bits per heavy atom. The van der Waals surface area contributed by atoms with Crippen LogP contribution in [0.15, 0.2) is 30.3 Å². The number of hydrogen-bond acceptors (Lipinski definition) is 3. The number of rotatable bonds is 5. The largest absolute Gasteiger partial charge is 0.390 e. The van der Waals surface area contributed by atoms with E-state index in [2.05, 4.69) is 36.1 Å². The minimum Gasteiger partial charge on any atom is -0.390 e. The van der Waals surface area contributed by atoms with Crippen LogP contribution >= 0.6 is 0 Å². The summed E-state index contributed by atoms with van der Waals surface area (Å²) >= 11 is 0. The first-order valence-corrected chi connectivity index (χ1v) is 8.24.